The zero-order valence-corrected chi connectivity index (χ0v) is 17.3. The molecule has 1 unspecified atom stereocenters. The summed E-state index contributed by atoms with van der Waals surface area (Å²) in [7, 11) is 0. The number of alkyl halides is 3. The molecule has 1 aliphatic heterocycles. The third-order valence-corrected chi connectivity index (χ3v) is 5.91. The van der Waals surface area contributed by atoms with Crippen LogP contribution in [-0.2, 0) is 12.6 Å². The number of nitrogens with zero attached hydrogens (tertiary/aromatic N) is 3. The Morgan fingerprint density at radius 2 is 1.87 bits per heavy atom. The highest BCUT2D eigenvalue weighted by molar-refractivity contribution is 6.31. The number of H-pyrrole nitrogens is 1. The molecule has 8 heteroatoms. The first kappa shape index (κ1) is 19.9. The Morgan fingerprint density at radius 1 is 1.10 bits per heavy atom. The molecule has 2 aromatic heterocycles. The monoisotopic (exact) mass is 442 g/mol. The van der Waals surface area contributed by atoms with E-state index in [1.54, 1.807) is 0 Å². The summed E-state index contributed by atoms with van der Waals surface area (Å²) in [6.07, 6.45) is -2.73. The lowest BCUT2D eigenvalue weighted by molar-refractivity contribution is -0.141. The van der Waals surface area contributed by atoms with Crippen LogP contribution in [0.15, 0.2) is 54.7 Å². The van der Waals surface area contributed by atoms with Gasteiger partial charge in [0.1, 0.15) is 5.69 Å². The summed E-state index contributed by atoms with van der Waals surface area (Å²) in [5.41, 5.74) is 4.09. The molecule has 3 heterocycles. The van der Waals surface area contributed by atoms with Gasteiger partial charge in [-0.05, 0) is 48.7 Å². The molecule has 0 saturated carbocycles. The highest BCUT2D eigenvalue weighted by Gasteiger charge is 2.36. The molecule has 5 rings (SSSR count). The van der Waals surface area contributed by atoms with E-state index < -0.39 is 11.9 Å². The largest absolute Gasteiger partial charge is 0.433 e. The summed E-state index contributed by atoms with van der Waals surface area (Å²) in [5, 5.41) is 1.68. The molecule has 0 fully saturated rings. The topological polar surface area (TPSA) is 44.8 Å². The average molecular weight is 443 g/mol. The minimum Gasteiger partial charge on any atom is -0.356 e. The maximum absolute atomic E-state index is 13.3. The highest BCUT2D eigenvalue weighted by atomic mass is 35.5. The van der Waals surface area contributed by atoms with Gasteiger partial charge in [-0.15, -0.1) is 0 Å². The molecule has 4 aromatic rings. The van der Waals surface area contributed by atoms with E-state index in [-0.39, 0.29) is 12.0 Å². The molecular formula is C23H18ClF3N4. The minimum absolute atomic E-state index is 0.0581. The molecule has 1 N–H and O–H groups in total. The van der Waals surface area contributed by atoms with Crippen molar-refractivity contribution in [1.29, 1.82) is 0 Å². The summed E-state index contributed by atoms with van der Waals surface area (Å²) >= 11 is 6.22. The Hall–Kier alpha value is -3.06. The van der Waals surface area contributed by atoms with E-state index in [9.17, 15) is 13.2 Å². The number of benzene rings is 2. The maximum Gasteiger partial charge on any atom is 0.433 e. The molecule has 0 saturated heterocycles. The lowest BCUT2D eigenvalue weighted by atomic mass is 9.92. The minimum atomic E-state index is -4.53. The second-order valence-corrected chi connectivity index (χ2v) is 8.14. The Kier molecular flexibility index (Phi) is 4.66. The van der Waals surface area contributed by atoms with E-state index in [4.69, 9.17) is 11.6 Å². The van der Waals surface area contributed by atoms with Gasteiger partial charge >= 0.3 is 6.18 Å². The molecule has 0 bridgehead atoms. The van der Waals surface area contributed by atoms with Crippen LogP contribution in [-0.4, -0.2) is 21.5 Å². The van der Waals surface area contributed by atoms with Crippen molar-refractivity contribution in [3.8, 4) is 0 Å². The van der Waals surface area contributed by atoms with Gasteiger partial charge in [0.25, 0.3) is 0 Å². The average Bonchev–Trinajstić information content (AvgIpc) is 3.11. The second-order valence-electron chi connectivity index (χ2n) is 7.70. The van der Waals surface area contributed by atoms with Crippen LogP contribution in [0, 0.1) is 6.92 Å². The summed E-state index contributed by atoms with van der Waals surface area (Å²) in [6, 6.07) is 14.2. The van der Waals surface area contributed by atoms with Crippen molar-refractivity contribution in [2.75, 3.05) is 11.4 Å². The normalized spacial score (nSPS) is 16.5. The highest BCUT2D eigenvalue weighted by Crippen LogP contribution is 2.41. The third kappa shape index (κ3) is 3.53. The van der Waals surface area contributed by atoms with Gasteiger partial charge in [-0.25, -0.2) is 9.97 Å². The van der Waals surface area contributed by atoms with Crippen molar-refractivity contribution >= 4 is 28.5 Å². The van der Waals surface area contributed by atoms with E-state index in [0.717, 1.165) is 45.6 Å². The van der Waals surface area contributed by atoms with Crippen molar-refractivity contribution in [3.05, 3.63) is 87.8 Å². The first-order valence-corrected chi connectivity index (χ1v) is 10.2. The Balaban J connectivity index is 1.69. The van der Waals surface area contributed by atoms with Gasteiger partial charge < -0.3 is 9.88 Å². The van der Waals surface area contributed by atoms with E-state index in [1.165, 1.54) is 0 Å². The predicted octanol–water partition coefficient (Wildman–Crippen LogP) is 6.09. The predicted molar refractivity (Wildman–Crippen MR) is 114 cm³/mol. The van der Waals surface area contributed by atoms with E-state index >= 15 is 0 Å². The Bertz CT molecular complexity index is 1260. The SMILES string of the molecule is Cc1ccc(C2c3[nH]c4ccc(Cl)cc4c3CCN2c2nccc(C(F)(F)F)n2)cc1. The van der Waals surface area contributed by atoms with Gasteiger partial charge in [0, 0.05) is 34.4 Å². The van der Waals surface area contributed by atoms with E-state index in [2.05, 4.69) is 15.0 Å². The van der Waals surface area contributed by atoms with E-state index in [0.29, 0.717) is 18.0 Å². The number of nitrogens with one attached hydrogen (secondary N) is 1. The van der Waals surface area contributed by atoms with Crippen LogP contribution < -0.4 is 4.90 Å². The fourth-order valence-electron chi connectivity index (χ4n) is 4.22. The number of fused-ring (bicyclic) bond motifs is 3. The molecule has 2 aromatic carbocycles. The number of aryl methyl sites for hydroxylation is 1. The number of anilines is 1. The Labute approximate surface area is 181 Å². The standard InChI is InChI=1S/C23H18ClF3N4/c1-13-2-4-14(5-3-13)21-20-16(17-12-15(24)6-7-18(17)29-20)9-11-31(21)22-28-10-8-19(30-22)23(25,26)27/h2-8,10,12,21,29H,9,11H2,1H3. The smallest absolute Gasteiger partial charge is 0.356 e. The van der Waals surface area contributed by atoms with Gasteiger partial charge in [0.05, 0.1) is 6.04 Å². The fourth-order valence-corrected chi connectivity index (χ4v) is 4.39. The quantitative estimate of drug-likeness (QED) is 0.408. The van der Waals surface area contributed by atoms with E-state index in [1.807, 2.05) is 54.3 Å². The van der Waals surface area contributed by atoms with Crippen molar-refractivity contribution in [2.45, 2.75) is 25.6 Å². The number of aromatic amines is 1. The van der Waals surface area contributed by atoms with Crippen LogP contribution in [0.1, 0.15) is 34.1 Å². The number of hydrogen-bond acceptors (Lipinski definition) is 3. The molecular weight excluding hydrogens is 425 g/mol. The summed E-state index contributed by atoms with van der Waals surface area (Å²) < 4.78 is 39.9. The molecule has 1 atom stereocenters. The number of halogens is 4. The molecule has 0 spiro atoms. The van der Waals surface area contributed by atoms with Crippen molar-refractivity contribution in [1.82, 2.24) is 15.0 Å². The zero-order chi connectivity index (χ0) is 21.8. The molecule has 0 aliphatic carbocycles. The zero-order valence-electron chi connectivity index (χ0n) is 16.5. The lowest BCUT2D eigenvalue weighted by Gasteiger charge is -2.36. The molecule has 0 radical (unpaired) electrons. The van der Waals surface area contributed by atoms with Crippen LogP contribution in [0.4, 0.5) is 19.1 Å². The van der Waals surface area contributed by atoms with Gasteiger partial charge in [0.15, 0.2) is 0 Å². The van der Waals surface area contributed by atoms with Gasteiger partial charge in [-0.3, -0.25) is 0 Å². The number of aromatic nitrogens is 3. The first-order chi connectivity index (χ1) is 14.8. The van der Waals surface area contributed by atoms with Gasteiger partial charge in [-0.2, -0.15) is 13.2 Å². The van der Waals surface area contributed by atoms with Crippen LogP contribution in [0.3, 0.4) is 0 Å². The molecule has 1 aliphatic rings. The molecule has 0 amide bonds. The van der Waals surface area contributed by atoms with Crippen LogP contribution in [0.25, 0.3) is 10.9 Å². The first-order valence-electron chi connectivity index (χ1n) is 9.85. The summed E-state index contributed by atoms with van der Waals surface area (Å²) in [6.45, 7) is 2.47. The maximum atomic E-state index is 13.3. The fraction of sp³-hybridized carbons (Fsp3) is 0.217. The third-order valence-electron chi connectivity index (χ3n) is 5.67. The van der Waals surface area contributed by atoms with Crippen molar-refractivity contribution < 1.29 is 13.2 Å². The number of hydrogen-bond donors (Lipinski definition) is 1. The Morgan fingerprint density at radius 3 is 2.61 bits per heavy atom. The van der Waals surface area contributed by atoms with Crippen molar-refractivity contribution in [3.63, 3.8) is 0 Å². The lowest BCUT2D eigenvalue weighted by Crippen LogP contribution is -2.37. The number of rotatable bonds is 2. The van der Waals surface area contributed by atoms with Crippen LogP contribution >= 0.6 is 11.6 Å². The summed E-state index contributed by atoms with van der Waals surface area (Å²) in [4.78, 5) is 13.4. The molecule has 31 heavy (non-hydrogen) atoms. The molecule has 4 nitrogen and oxygen atoms in total. The summed E-state index contributed by atoms with van der Waals surface area (Å²) in [5.74, 6) is 0.0581. The van der Waals surface area contributed by atoms with Gasteiger partial charge in [0.2, 0.25) is 5.95 Å². The van der Waals surface area contributed by atoms with Crippen LogP contribution in [0.5, 0.6) is 0 Å². The second kappa shape index (κ2) is 7.27. The van der Waals surface area contributed by atoms with Gasteiger partial charge in [-0.1, -0.05) is 41.4 Å². The van der Waals surface area contributed by atoms with Crippen LogP contribution in [0.2, 0.25) is 5.02 Å². The molecule has 158 valence electrons. The van der Waals surface area contributed by atoms with Crippen molar-refractivity contribution in [2.24, 2.45) is 0 Å².